The molecule has 1 amide bonds. The first-order valence-corrected chi connectivity index (χ1v) is 8.98. The molecule has 1 heterocycles. The lowest BCUT2D eigenvalue weighted by atomic mass is 9.95. The minimum absolute atomic E-state index is 0. The number of carbonyl (C=O) groups is 1. The number of nitrogens with two attached hydrogens (primary N) is 1. The van der Waals surface area contributed by atoms with Crippen LogP contribution in [-0.2, 0) is 4.79 Å². The quantitative estimate of drug-likeness (QED) is 0.564. The lowest BCUT2D eigenvalue weighted by molar-refractivity contribution is -0.385. The lowest BCUT2D eigenvalue weighted by Crippen LogP contribution is -2.32. The van der Waals surface area contributed by atoms with E-state index in [0.29, 0.717) is 13.1 Å². The highest BCUT2D eigenvalue weighted by atomic mass is 35.5. The molecule has 2 N–H and O–H groups in total. The van der Waals surface area contributed by atoms with Crippen molar-refractivity contribution in [2.45, 2.75) is 18.4 Å². The highest BCUT2D eigenvalue weighted by Gasteiger charge is 2.33. The third kappa shape index (κ3) is 5.13. The number of nitro benzene ring substituents is 1. The number of nitrogens with zero attached hydrogens (tertiary/aromatic N) is 2. The molecule has 0 aromatic heterocycles. The van der Waals surface area contributed by atoms with Gasteiger partial charge in [0.15, 0.2) is 5.75 Å². The van der Waals surface area contributed by atoms with Gasteiger partial charge >= 0.3 is 5.69 Å². The van der Waals surface area contributed by atoms with Crippen LogP contribution in [0.15, 0.2) is 48.5 Å². The van der Waals surface area contributed by atoms with Crippen LogP contribution in [0, 0.1) is 10.1 Å². The van der Waals surface area contributed by atoms with E-state index < -0.39 is 4.92 Å². The van der Waals surface area contributed by atoms with E-state index in [1.54, 1.807) is 4.90 Å². The van der Waals surface area contributed by atoms with Crippen LogP contribution in [0.25, 0.3) is 0 Å². The van der Waals surface area contributed by atoms with E-state index in [9.17, 15) is 14.9 Å². The van der Waals surface area contributed by atoms with Crippen LogP contribution in [0.5, 0.6) is 5.75 Å². The van der Waals surface area contributed by atoms with Crippen molar-refractivity contribution >= 4 is 35.6 Å². The second kappa shape index (κ2) is 9.73. The van der Waals surface area contributed by atoms with Crippen molar-refractivity contribution in [1.82, 2.24) is 4.90 Å². The van der Waals surface area contributed by atoms with Crippen LogP contribution >= 0.6 is 24.0 Å². The molecule has 1 aliphatic rings. The number of halogens is 2. The summed E-state index contributed by atoms with van der Waals surface area (Å²) in [6.45, 7) is 1.09. The highest BCUT2D eigenvalue weighted by molar-refractivity contribution is 6.30. The number of nitro groups is 1. The molecule has 1 saturated heterocycles. The van der Waals surface area contributed by atoms with Crippen molar-refractivity contribution in [3.8, 4) is 5.75 Å². The van der Waals surface area contributed by atoms with E-state index in [0.717, 1.165) is 5.56 Å². The van der Waals surface area contributed by atoms with Crippen LogP contribution in [0.1, 0.15) is 17.9 Å². The van der Waals surface area contributed by atoms with Gasteiger partial charge in [0.2, 0.25) is 5.91 Å². The summed E-state index contributed by atoms with van der Waals surface area (Å²) in [5.74, 6) is 0.117. The van der Waals surface area contributed by atoms with Crippen LogP contribution in [0.2, 0.25) is 5.02 Å². The number of hydrogen-bond donors (Lipinski definition) is 1. The van der Waals surface area contributed by atoms with Gasteiger partial charge in [-0.05, 0) is 17.7 Å². The fourth-order valence-corrected chi connectivity index (χ4v) is 3.41. The molecule has 0 aliphatic carbocycles. The molecule has 9 heteroatoms. The summed E-state index contributed by atoms with van der Waals surface area (Å²) in [5.41, 5.74) is 7.11. The predicted octanol–water partition coefficient (Wildman–Crippen LogP) is 3.39. The third-order valence-electron chi connectivity index (χ3n) is 4.64. The summed E-state index contributed by atoms with van der Waals surface area (Å²) < 4.78 is 5.44. The smallest absolute Gasteiger partial charge is 0.312 e. The molecule has 0 spiro atoms. The van der Waals surface area contributed by atoms with Crippen LogP contribution in [0.4, 0.5) is 5.69 Å². The average molecular weight is 426 g/mol. The highest BCUT2D eigenvalue weighted by Crippen LogP contribution is 2.30. The molecule has 0 unspecified atom stereocenters. The fourth-order valence-electron chi connectivity index (χ4n) is 3.25. The molecule has 0 bridgehead atoms. The number of ether oxygens (including phenoxy) is 1. The number of amides is 1. The van der Waals surface area contributed by atoms with E-state index in [4.69, 9.17) is 22.1 Å². The SMILES string of the molecule is Cl.N[C@@H]1CN(C(=O)CCOc2ccc(Cl)cc2[N+](=O)[O-])C[C@H]1c1ccccc1. The first-order chi connectivity index (χ1) is 13.0. The van der Waals surface area contributed by atoms with Gasteiger partial charge in [0.05, 0.1) is 18.0 Å². The van der Waals surface area contributed by atoms with Crippen molar-refractivity contribution in [3.05, 3.63) is 69.2 Å². The Kier molecular flexibility index (Phi) is 7.62. The number of benzene rings is 2. The summed E-state index contributed by atoms with van der Waals surface area (Å²) in [4.78, 5) is 24.7. The van der Waals surface area contributed by atoms with Gasteiger partial charge in [0.1, 0.15) is 0 Å². The Labute approximate surface area is 174 Å². The molecular weight excluding hydrogens is 405 g/mol. The molecule has 1 fully saturated rings. The zero-order valence-corrected chi connectivity index (χ0v) is 16.6. The Balaban J connectivity index is 0.00000280. The van der Waals surface area contributed by atoms with Gasteiger partial charge in [0, 0.05) is 36.1 Å². The van der Waals surface area contributed by atoms with E-state index in [1.807, 2.05) is 30.3 Å². The summed E-state index contributed by atoms with van der Waals surface area (Å²) in [5, 5.41) is 11.3. The molecule has 150 valence electrons. The third-order valence-corrected chi connectivity index (χ3v) is 4.87. The maximum Gasteiger partial charge on any atom is 0.312 e. The molecule has 2 aromatic carbocycles. The van der Waals surface area contributed by atoms with E-state index in [2.05, 4.69) is 0 Å². The Hall–Kier alpha value is -2.35. The molecule has 0 radical (unpaired) electrons. The van der Waals surface area contributed by atoms with Crippen molar-refractivity contribution < 1.29 is 14.5 Å². The first kappa shape index (κ1) is 21.9. The maximum absolute atomic E-state index is 12.5. The van der Waals surface area contributed by atoms with Gasteiger partial charge in [-0.1, -0.05) is 41.9 Å². The summed E-state index contributed by atoms with van der Waals surface area (Å²) >= 11 is 5.78. The van der Waals surface area contributed by atoms with Crippen LogP contribution in [-0.4, -0.2) is 41.5 Å². The number of rotatable bonds is 6. The van der Waals surface area contributed by atoms with Crippen LogP contribution < -0.4 is 10.5 Å². The minimum Gasteiger partial charge on any atom is -0.486 e. The molecule has 2 aromatic rings. The Morgan fingerprint density at radius 2 is 1.96 bits per heavy atom. The molecule has 0 saturated carbocycles. The molecule has 1 aliphatic heterocycles. The lowest BCUT2D eigenvalue weighted by Gasteiger charge is -2.16. The Morgan fingerprint density at radius 3 is 2.64 bits per heavy atom. The minimum atomic E-state index is -0.563. The van der Waals surface area contributed by atoms with Gasteiger partial charge in [-0.3, -0.25) is 14.9 Å². The summed E-state index contributed by atoms with van der Waals surface area (Å²) in [6.07, 6.45) is 0.119. The van der Waals surface area contributed by atoms with E-state index in [-0.39, 0.29) is 59.8 Å². The van der Waals surface area contributed by atoms with Crippen molar-refractivity contribution in [2.75, 3.05) is 19.7 Å². The number of hydrogen-bond acceptors (Lipinski definition) is 5. The zero-order chi connectivity index (χ0) is 19.4. The largest absolute Gasteiger partial charge is 0.486 e. The monoisotopic (exact) mass is 425 g/mol. The molecule has 2 atom stereocenters. The van der Waals surface area contributed by atoms with Crippen molar-refractivity contribution in [1.29, 1.82) is 0 Å². The topological polar surface area (TPSA) is 98.7 Å². The van der Waals surface area contributed by atoms with Gasteiger partial charge < -0.3 is 15.4 Å². The maximum atomic E-state index is 12.5. The van der Waals surface area contributed by atoms with E-state index in [1.165, 1.54) is 18.2 Å². The van der Waals surface area contributed by atoms with E-state index >= 15 is 0 Å². The molecule has 28 heavy (non-hydrogen) atoms. The fraction of sp³-hybridized carbons (Fsp3) is 0.316. The standard InChI is InChI=1S/C19H20ClN3O4.ClH/c20-14-6-7-18(17(10-14)23(25)26)27-9-8-19(24)22-11-15(16(21)12-22)13-4-2-1-3-5-13;/h1-7,10,15-16H,8-9,11-12,21H2;1H/t15-,16+;/m0./s1. The summed E-state index contributed by atoms with van der Waals surface area (Å²) in [7, 11) is 0. The molecule has 3 rings (SSSR count). The van der Waals surface area contributed by atoms with Crippen molar-refractivity contribution in [3.63, 3.8) is 0 Å². The number of likely N-dealkylation sites (tertiary alicyclic amines) is 1. The average Bonchev–Trinajstić information content (AvgIpc) is 3.05. The van der Waals surface area contributed by atoms with Crippen molar-refractivity contribution in [2.24, 2.45) is 5.73 Å². The van der Waals surface area contributed by atoms with Gasteiger partial charge in [0.25, 0.3) is 0 Å². The predicted molar refractivity (Wildman–Crippen MR) is 109 cm³/mol. The van der Waals surface area contributed by atoms with Gasteiger partial charge in [-0.2, -0.15) is 0 Å². The van der Waals surface area contributed by atoms with Gasteiger partial charge in [-0.15, -0.1) is 12.4 Å². The zero-order valence-electron chi connectivity index (χ0n) is 15.0. The van der Waals surface area contributed by atoms with Gasteiger partial charge in [-0.25, -0.2) is 0 Å². The number of carbonyl (C=O) groups excluding carboxylic acids is 1. The summed E-state index contributed by atoms with van der Waals surface area (Å²) in [6, 6.07) is 13.9. The Morgan fingerprint density at radius 1 is 1.25 bits per heavy atom. The second-order valence-corrected chi connectivity index (χ2v) is 6.88. The molecule has 7 nitrogen and oxygen atoms in total. The first-order valence-electron chi connectivity index (χ1n) is 8.60. The molecular formula is C19H21Cl2N3O4. The second-order valence-electron chi connectivity index (χ2n) is 6.45. The normalized spacial score (nSPS) is 18.4. The Bertz CT molecular complexity index is 835. The van der Waals surface area contributed by atoms with Crippen LogP contribution in [0.3, 0.4) is 0 Å².